The molecule has 3 amide bonds. The van der Waals surface area contributed by atoms with Gasteiger partial charge in [-0.25, -0.2) is 4.39 Å². The molecule has 154 valence electrons. The molecule has 0 aliphatic heterocycles. The summed E-state index contributed by atoms with van der Waals surface area (Å²) >= 11 is 0. The molecule has 0 bridgehead atoms. The molecule has 3 N–H and O–H groups in total. The highest BCUT2D eigenvalue weighted by Crippen LogP contribution is 2.12. The van der Waals surface area contributed by atoms with Crippen LogP contribution >= 0.6 is 0 Å². The van der Waals surface area contributed by atoms with Gasteiger partial charge in [0, 0.05) is 18.7 Å². The maximum atomic E-state index is 13.1. The van der Waals surface area contributed by atoms with Crippen molar-refractivity contribution in [3.05, 3.63) is 65.5 Å². The van der Waals surface area contributed by atoms with Crippen LogP contribution in [0.5, 0.6) is 0 Å². The van der Waals surface area contributed by atoms with Crippen LogP contribution in [0.1, 0.15) is 31.4 Å². The highest BCUT2D eigenvalue weighted by Gasteiger charge is 2.08. The van der Waals surface area contributed by atoms with E-state index in [1.54, 1.807) is 24.3 Å². The first kappa shape index (κ1) is 22.1. The average molecular weight is 399 g/mol. The third-order valence-electron chi connectivity index (χ3n) is 3.99. The number of halogens is 1. The minimum atomic E-state index is -0.407. The van der Waals surface area contributed by atoms with E-state index >= 15 is 0 Å². The van der Waals surface area contributed by atoms with Crippen molar-refractivity contribution in [3.8, 4) is 0 Å². The van der Waals surface area contributed by atoms with Crippen LogP contribution in [0.25, 0.3) is 0 Å². The van der Waals surface area contributed by atoms with Crippen molar-refractivity contribution < 1.29 is 18.8 Å². The second kappa shape index (κ2) is 10.9. The molecule has 0 radical (unpaired) electrons. The number of amides is 3. The first-order chi connectivity index (χ1) is 13.8. The summed E-state index contributed by atoms with van der Waals surface area (Å²) in [5.74, 6) is -0.890. The van der Waals surface area contributed by atoms with Gasteiger partial charge >= 0.3 is 0 Å². The molecule has 0 heterocycles. The Morgan fingerprint density at radius 1 is 0.897 bits per heavy atom. The van der Waals surface area contributed by atoms with Crippen LogP contribution in [0, 0.1) is 11.7 Å². The van der Waals surface area contributed by atoms with Crippen LogP contribution in [0.4, 0.5) is 10.1 Å². The SMILES string of the molecule is CC(C)CC(=O)Nc1cccc(CNC(=O)CNC(=O)Cc2cccc(F)c2)c1. The molecule has 2 rings (SSSR count). The molecule has 2 aromatic rings. The summed E-state index contributed by atoms with van der Waals surface area (Å²) in [6.45, 7) is 4.05. The fourth-order valence-electron chi connectivity index (χ4n) is 2.68. The monoisotopic (exact) mass is 399 g/mol. The number of hydrogen-bond donors (Lipinski definition) is 3. The molecule has 0 fully saturated rings. The lowest BCUT2D eigenvalue weighted by Gasteiger charge is -2.10. The van der Waals surface area contributed by atoms with Crippen molar-refractivity contribution in [2.75, 3.05) is 11.9 Å². The smallest absolute Gasteiger partial charge is 0.239 e. The molecule has 29 heavy (non-hydrogen) atoms. The van der Waals surface area contributed by atoms with Gasteiger partial charge in [-0.2, -0.15) is 0 Å². The summed E-state index contributed by atoms with van der Waals surface area (Å²) in [4.78, 5) is 35.7. The van der Waals surface area contributed by atoms with Gasteiger partial charge in [-0.3, -0.25) is 14.4 Å². The van der Waals surface area contributed by atoms with Gasteiger partial charge < -0.3 is 16.0 Å². The Kier molecular flexibility index (Phi) is 8.33. The fourth-order valence-corrected chi connectivity index (χ4v) is 2.68. The number of carbonyl (C=O) groups excluding carboxylic acids is 3. The van der Waals surface area contributed by atoms with E-state index < -0.39 is 5.82 Å². The van der Waals surface area contributed by atoms with Crippen LogP contribution in [0.15, 0.2) is 48.5 Å². The van der Waals surface area contributed by atoms with E-state index in [1.165, 1.54) is 18.2 Å². The Labute approximate surface area is 169 Å². The van der Waals surface area contributed by atoms with Gasteiger partial charge in [-0.1, -0.05) is 38.1 Å². The topological polar surface area (TPSA) is 87.3 Å². The van der Waals surface area contributed by atoms with Crippen LogP contribution in [0.3, 0.4) is 0 Å². The van der Waals surface area contributed by atoms with Gasteiger partial charge in [0.05, 0.1) is 13.0 Å². The zero-order chi connectivity index (χ0) is 21.2. The quantitative estimate of drug-likeness (QED) is 0.606. The number of nitrogens with one attached hydrogen (secondary N) is 3. The number of anilines is 1. The van der Waals surface area contributed by atoms with Gasteiger partial charge in [0.1, 0.15) is 5.82 Å². The van der Waals surface area contributed by atoms with Crippen molar-refractivity contribution in [2.24, 2.45) is 5.92 Å². The number of hydrogen-bond acceptors (Lipinski definition) is 3. The maximum absolute atomic E-state index is 13.1. The normalized spacial score (nSPS) is 10.5. The largest absolute Gasteiger partial charge is 0.350 e. The third kappa shape index (κ3) is 8.55. The van der Waals surface area contributed by atoms with E-state index in [0.717, 1.165) is 5.56 Å². The molecule has 0 saturated carbocycles. The van der Waals surface area contributed by atoms with E-state index in [1.807, 2.05) is 19.9 Å². The lowest BCUT2D eigenvalue weighted by atomic mass is 10.1. The number of rotatable bonds is 9. The summed E-state index contributed by atoms with van der Waals surface area (Å²) in [7, 11) is 0. The zero-order valence-corrected chi connectivity index (χ0v) is 16.6. The second-order valence-corrected chi connectivity index (χ2v) is 7.21. The molecule has 2 aromatic carbocycles. The highest BCUT2D eigenvalue weighted by molar-refractivity contribution is 5.91. The molecule has 0 saturated heterocycles. The Morgan fingerprint density at radius 3 is 2.34 bits per heavy atom. The Balaban J connectivity index is 1.75. The predicted octanol–water partition coefficient (Wildman–Crippen LogP) is 2.79. The molecule has 6 nitrogen and oxygen atoms in total. The summed E-state index contributed by atoms with van der Waals surface area (Å²) in [5.41, 5.74) is 2.04. The van der Waals surface area contributed by atoms with E-state index in [0.29, 0.717) is 17.7 Å². The summed E-state index contributed by atoms with van der Waals surface area (Å²) in [6, 6.07) is 13.0. The Bertz CT molecular complexity index is 868. The van der Waals surface area contributed by atoms with E-state index in [-0.39, 0.29) is 43.1 Å². The highest BCUT2D eigenvalue weighted by atomic mass is 19.1. The third-order valence-corrected chi connectivity index (χ3v) is 3.99. The Morgan fingerprint density at radius 2 is 1.62 bits per heavy atom. The molecule has 0 spiro atoms. The average Bonchev–Trinajstić information content (AvgIpc) is 2.64. The fraction of sp³-hybridized carbons (Fsp3) is 0.318. The van der Waals surface area contributed by atoms with E-state index in [4.69, 9.17) is 0 Å². The van der Waals surface area contributed by atoms with Crippen molar-refractivity contribution in [1.29, 1.82) is 0 Å². The van der Waals surface area contributed by atoms with Gasteiger partial charge in [0.15, 0.2) is 0 Å². The molecular weight excluding hydrogens is 373 g/mol. The van der Waals surface area contributed by atoms with Crippen molar-refractivity contribution in [2.45, 2.75) is 33.2 Å². The lowest BCUT2D eigenvalue weighted by Crippen LogP contribution is -2.37. The minimum absolute atomic E-state index is 0.00314. The first-order valence-electron chi connectivity index (χ1n) is 9.48. The second-order valence-electron chi connectivity index (χ2n) is 7.21. The molecule has 7 heteroatoms. The maximum Gasteiger partial charge on any atom is 0.239 e. The van der Waals surface area contributed by atoms with Gasteiger partial charge in [0.2, 0.25) is 17.7 Å². The Hall–Kier alpha value is -3.22. The summed E-state index contributed by atoms with van der Waals surface area (Å²) < 4.78 is 13.1. The van der Waals surface area contributed by atoms with Gasteiger partial charge in [0.25, 0.3) is 0 Å². The van der Waals surface area contributed by atoms with Crippen LogP contribution in [0.2, 0.25) is 0 Å². The zero-order valence-electron chi connectivity index (χ0n) is 16.6. The molecule has 0 unspecified atom stereocenters. The molecule has 0 aliphatic rings. The van der Waals surface area contributed by atoms with Gasteiger partial charge in [-0.15, -0.1) is 0 Å². The number of carbonyl (C=O) groups is 3. The van der Waals surface area contributed by atoms with E-state index in [2.05, 4.69) is 16.0 Å². The molecular formula is C22H26FN3O3. The van der Waals surface area contributed by atoms with Crippen molar-refractivity contribution in [1.82, 2.24) is 10.6 Å². The molecule has 0 aromatic heterocycles. The molecule has 0 aliphatic carbocycles. The van der Waals surface area contributed by atoms with Crippen LogP contribution < -0.4 is 16.0 Å². The van der Waals surface area contributed by atoms with Gasteiger partial charge in [-0.05, 0) is 41.3 Å². The standard InChI is InChI=1S/C22H26FN3O3/c1-15(2)9-21(28)26-19-8-4-6-17(11-19)13-24-22(29)14-25-20(27)12-16-5-3-7-18(23)10-16/h3-8,10-11,15H,9,12-14H2,1-2H3,(H,24,29)(H,25,27)(H,26,28). The lowest BCUT2D eigenvalue weighted by molar-refractivity contribution is -0.125. The van der Waals surface area contributed by atoms with Crippen molar-refractivity contribution >= 4 is 23.4 Å². The summed E-state index contributed by atoms with van der Waals surface area (Å²) in [5, 5.41) is 8.06. The number of benzene rings is 2. The molecule has 0 atom stereocenters. The minimum Gasteiger partial charge on any atom is -0.350 e. The van der Waals surface area contributed by atoms with Crippen LogP contribution in [-0.4, -0.2) is 24.3 Å². The summed E-state index contributed by atoms with van der Waals surface area (Å²) in [6.07, 6.45) is 0.444. The van der Waals surface area contributed by atoms with Crippen molar-refractivity contribution in [3.63, 3.8) is 0 Å². The predicted molar refractivity (Wildman–Crippen MR) is 109 cm³/mol. The van der Waals surface area contributed by atoms with E-state index in [9.17, 15) is 18.8 Å². The van der Waals surface area contributed by atoms with Crippen LogP contribution in [-0.2, 0) is 27.3 Å². The first-order valence-corrected chi connectivity index (χ1v) is 9.48.